The van der Waals surface area contributed by atoms with E-state index in [9.17, 15) is 0 Å². The zero-order valence-electron chi connectivity index (χ0n) is 8.70. The van der Waals surface area contributed by atoms with Crippen molar-refractivity contribution in [2.75, 3.05) is 13.1 Å². The van der Waals surface area contributed by atoms with Crippen LogP contribution >= 0.6 is 11.8 Å². The molecule has 0 fully saturated rings. The average Bonchev–Trinajstić information content (AvgIpc) is 2.67. The number of terminal acetylenes is 1. The van der Waals surface area contributed by atoms with Gasteiger partial charge in [-0.05, 0) is 18.1 Å². The molecule has 78 valence electrons. The third-order valence-electron chi connectivity index (χ3n) is 2.53. The number of rotatable bonds is 4. The lowest BCUT2D eigenvalue weighted by Gasteiger charge is -2.08. The molecule has 0 saturated carbocycles. The van der Waals surface area contributed by atoms with E-state index in [0.717, 1.165) is 19.5 Å². The maximum absolute atomic E-state index is 5.20. The summed E-state index contributed by atoms with van der Waals surface area (Å²) in [5, 5.41) is 4.08. The Kier molecular flexibility index (Phi) is 3.71. The first-order chi connectivity index (χ1) is 7.40. The molecular formula is C13H15NS. The molecular weight excluding hydrogens is 202 g/mol. The quantitative estimate of drug-likeness (QED) is 0.613. The molecule has 0 bridgehead atoms. The van der Waals surface area contributed by atoms with Crippen molar-refractivity contribution in [1.29, 1.82) is 0 Å². The fourth-order valence-corrected chi connectivity index (χ4v) is 3.07. The molecule has 15 heavy (non-hydrogen) atoms. The first-order valence-electron chi connectivity index (χ1n) is 5.29. The molecule has 1 aromatic rings. The molecule has 1 aliphatic rings. The minimum atomic E-state index is 0.681. The number of nitrogens with one attached hydrogen (secondary N) is 1. The second kappa shape index (κ2) is 5.25. The molecule has 0 aliphatic carbocycles. The van der Waals surface area contributed by atoms with Crippen LogP contribution in [0.25, 0.3) is 0 Å². The van der Waals surface area contributed by atoms with Crippen molar-refractivity contribution in [1.82, 2.24) is 5.32 Å². The fraction of sp³-hybridized carbons (Fsp3) is 0.385. The van der Waals surface area contributed by atoms with Crippen LogP contribution in [0.4, 0.5) is 0 Å². The van der Waals surface area contributed by atoms with Gasteiger partial charge in [0.15, 0.2) is 0 Å². The summed E-state index contributed by atoms with van der Waals surface area (Å²) in [6, 6.07) is 8.67. The van der Waals surface area contributed by atoms with Crippen molar-refractivity contribution in [3.8, 4) is 12.3 Å². The van der Waals surface area contributed by atoms with Gasteiger partial charge in [-0.25, -0.2) is 0 Å². The highest BCUT2D eigenvalue weighted by Gasteiger charge is 2.20. The van der Waals surface area contributed by atoms with Crippen LogP contribution in [0.3, 0.4) is 0 Å². The normalized spacial score (nSPS) is 18.5. The molecule has 0 aromatic heterocycles. The summed E-state index contributed by atoms with van der Waals surface area (Å²) in [6.07, 6.45) is 7.20. The van der Waals surface area contributed by atoms with Crippen molar-refractivity contribution in [2.45, 2.75) is 23.0 Å². The number of thioether (sulfide) groups is 1. The fourth-order valence-electron chi connectivity index (χ4n) is 1.79. The monoisotopic (exact) mass is 217 g/mol. The SMILES string of the molecule is C#CCCNCC1Cc2ccccc2S1. The summed E-state index contributed by atoms with van der Waals surface area (Å²) in [7, 11) is 0. The Labute approximate surface area is 95.7 Å². The zero-order chi connectivity index (χ0) is 10.5. The lowest BCUT2D eigenvalue weighted by atomic mass is 10.1. The van der Waals surface area contributed by atoms with Gasteiger partial charge in [0.25, 0.3) is 0 Å². The van der Waals surface area contributed by atoms with Crippen LogP contribution in [0.5, 0.6) is 0 Å². The Balaban J connectivity index is 1.79. The van der Waals surface area contributed by atoms with Crippen LogP contribution in [-0.4, -0.2) is 18.3 Å². The molecule has 1 aromatic carbocycles. The summed E-state index contributed by atoms with van der Waals surface area (Å²) in [6.45, 7) is 1.99. The predicted octanol–water partition coefficient (Wildman–Crippen LogP) is 2.32. The van der Waals surface area contributed by atoms with Crippen molar-refractivity contribution in [3.05, 3.63) is 29.8 Å². The third-order valence-corrected chi connectivity index (χ3v) is 3.85. The Hall–Kier alpha value is -0.910. The van der Waals surface area contributed by atoms with E-state index >= 15 is 0 Å². The molecule has 0 spiro atoms. The standard InChI is InChI=1S/C13H15NS/c1-2-3-8-14-10-12-9-11-6-4-5-7-13(11)15-12/h1,4-7,12,14H,3,8-10H2. The first-order valence-corrected chi connectivity index (χ1v) is 6.17. The third kappa shape index (κ3) is 2.77. The molecule has 0 saturated heterocycles. The van der Waals surface area contributed by atoms with Crippen molar-refractivity contribution in [2.24, 2.45) is 0 Å². The van der Waals surface area contributed by atoms with Crippen LogP contribution in [0.1, 0.15) is 12.0 Å². The van der Waals surface area contributed by atoms with Gasteiger partial charge in [0.2, 0.25) is 0 Å². The van der Waals surface area contributed by atoms with E-state index in [0.29, 0.717) is 5.25 Å². The van der Waals surface area contributed by atoms with Crippen LogP contribution in [0.2, 0.25) is 0 Å². The minimum Gasteiger partial charge on any atom is -0.315 e. The highest BCUT2D eigenvalue weighted by Crippen LogP contribution is 2.36. The number of fused-ring (bicyclic) bond motifs is 1. The van der Waals surface area contributed by atoms with E-state index < -0.39 is 0 Å². The van der Waals surface area contributed by atoms with E-state index in [1.54, 1.807) is 0 Å². The van der Waals surface area contributed by atoms with Crippen LogP contribution in [0.15, 0.2) is 29.2 Å². The van der Waals surface area contributed by atoms with E-state index in [2.05, 4.69) is 35.5 Å². The smallest absolute Gasteiger partial charge is 0.0260 e. The van der Waals surface area contributed by atoms with E-state index in [1.165, 1.54) is 16.9 Å². The van der Waals surface area contributed by atoms with Crippen molar-refractivity contribution in [3.63, 3.8) is 0 Å². The van der Waals surface area contributed by atoms with Gasteiger partial charge in [-0.2, -0.15) is 0 Å². The van der Waals surface area contributed by atoms with Gasteiger partial charge in [0.05, 0.1) is 0 Å². The highest BCUT2D eigenvalue weighted by atomic mass is 32.2. The molecule has 2 heteroatoms. The van der Waals surface area contributed by atoms with Gasteiger partial charge in [-0.1, -0.05) is 18.2 Å². The predicted molar refractivity (Wildman–Crippen MR) is 66.1 cm³/mol. The first kappa shape index (κ1) is 10.6. The second-order valence-electron chi connectivity index (χ2n) is 3.71. The number of hydrogen-bond donors (Lipinski definition) is 1. The molecule has 1 atom stereocenters. The lowest BCUT2D eigenvalue weighted by Crippen LogP contribution is -2.25. The maximum Gasteiger partial charge on any atom is 0.0260 e. The lowest BCUT2D eigenvalue weighted by molar-refractivity contribution is 0.672. The van der Waals surface area contributed by atoms with Gasteiger partial charge in [0.1, 0.15) is 0 Å². The maximum atomic E-state index is 5.20. The van der Waals surface area contributed by atoms with Gasteiger partial charge >= 0.3 is 0 Å². The molecule has 1 heterocycles. The van der Waals surface area contributed by atoms with Crippen molar-refractivity contribution >= 4 is 11.8 Å². The Morgan fingerprint density at radius 3 is 3.13 bits per heavy atom. The van der Waals surface area contributed by atoms with E-state index in [1.807, 2.05) is 11.8 Å². The molecule has 0 amide bonds. The number of benzene rings is 1. The van der Waals surface area contributed by atoms with Gasteiger partial charge < -0.3 is 5.32 Å². The highest BCUT2D eigenvalue weighted by molar-refractivity contribution is 8.00. The molecule has 1 nitrogen and oxygen atoms in total. The summed E-state index contributed by atoms with van der Waals surface area (Å²) < 4.78 is 0. The molecule has 1 N–H and O–H groups in total. The van der Waals surface area contributed by atoms with Crippen LogP contribution < -0.4 is 5.32 Å². The van der Waals surface area contributed by atoms with Crippen LogP contribution in [0, 0.1) is 12.3 Å². The second-order valence-corrected chi connectivity index (χ2v) is 5.05. The Bertz CT molecular complexity index is 342. The summed E-state index contributed by atoms with van der Waals surface area (Å²) in [5.41, 5.74) is 1.49. The average molecular weight is 217 g/mol. The summed E-state index contributed by atoms with van der Waals surface area (Å²) in [4.78, 5) is 1.45. The van der Waals surface area contributed by atoms with Gasteiger partial charge in [0, 0.05) is 29.7 Å². The molecule has 0 radical (unpaired) electrons. The van der Waals surface area contributed by atoms with Gasteiger partial charge in [-0.3, -0.25) is 0 Å². The van der Waals surface area contributed by atoms with Crippen molar-refractivity contribution < 1.29 is 0 Å². The summed E-state index contributed by atoms with van der Waals surface area (Å²) in [5.74, 6) is 2.64. The topological polar surface area (TPSA) is 12.0 Å². The molecule has 2 rings (SSSR count). The van der Waals surface area contributed by atoms with E-state index in [-0.39, 0.29) is 0 Å². The minimum absolute atomic E-state index is 0.681. The summed E-state index contributed by atoms with van der Waals surface area (Å²) >= 11 is 1.98. The van der Waals surface area contributed by atoms with Gasteiger partial charge in [-0.15, -0.1) is 24.1 Å². The van der Waals surface area contributed by atoms with Crippen LogP contribution in [-0.2, 0) is 6.42 Å². The van der Waals surface area contributed by atoms with E-state index in [4.69, 9.17) is 6.42 Å². The zero-order valence-corrected chi connectivity index (χ0v) is 9.52. The Morgan fingerprint density at radius 2 is 2.33 bits per heavy atom. The molecule has 1 aliphatic heterocycles. The Morgan fingerprint density at radius 1 is 1.47 bits per heavy atom. The largest absolute Gasteiger partial charge is 0.315 e. The molecule has 1 unspecified atom stereocenters. The number of hydrogen-bond acceptors (Lipinski definition) is 2.